The summed E-state index contributed by atoms with van der Waals surface area (Å²) in [4.78, 5) is 0. The van der Waals surface area contributed by atoms with E-state index in [9.17, 15) is 15.3 Å². The SMILES string of the molecule is CCCCCCCCCCCCCCCCCCOC[N+](CCO)(CCO)CCO.[Cl-]. The molecule has 0 fully saturated rings. The van der Waals surface area contributed by atoms with E-state index >= 15 is 0 Å². The predicted molar refractivity (Wildman–Crippen MR) is 126 cm³/mol. The first-order valence-electron chi connectivity index (χ1n) is 13.0. The maximum Gasteiger partial charge on any atom is 0.183 e. The fourth-order valence-corrected chi connectivity index (χ4v) is 4.18. The fraction of sp³-hybridized carbons (Fsp3) is 1.00. The normalized spacial score (nSPS) is 11.6. The van der Waals surface area contributed by atoms with Crippen LogP contribution in [-0.2, 0) is 4.74 Å². The third-order valence-electron chi connectivity index (χ3n) is 6.23. The van der Waals surface area contributed by atoms with Crippen LogP contribution < -0.4 is 12.4 Å². The minimum absolute atomic E-state index is 0. The molecule has 0 aliphatic heterocycles. The van der Waals surface area contributed by atoms with Crippen molar-refractivity contribution in [2.75, 3.05) is 52.8 Å². The zero-order valence-electron chi connectivity index (χ0n) is 20.5. The van der Waals surface area contributed by atoms with Crippen LogP contribution in [0.2, 0.25) is 0 Å². The fourth-order valence-electron chi connectivity index (χ4n) is 4.18. The molecule has 0 unspecified atom stereocenters. The van der Waals surface area contributed by atoms with E-state index in [1.807, 2.05) is 0 Å². The Hall–Kier alpha value is 0.0900. The van der Waals surface area contributed by atoms with Crippen LogP contribution in [0.15, 0.2) is 0 Å². The molecule has 0 bridgehead atoms. The van der Waals surface area contributed by atoms with Crippen LogP contribution >= 0.6 is 0 Å². The standard InChI is InChI=1S/C25H54NO4.ClH/c1-2-3-4-5-6-7-8-9-10-11-12-13-14-15-16-17-24-30-25-26(18-21-27,19-22-28)20-23-29;/h27-29H,2-25H2,1H3;1H/q+1;/p-1. The molecule has 0 aliphatic rings. The van der Waals surface area contributed by atoms with Crippen LogP contribution in [0, 0.1) is 0 Å². The molecule has 0 aliphatic carbocycles. The molecule has 0 aromatic rings. The summed E-state index contributed by atoms with van der Waals surface area (Å²) in [5, 5.41) is 27.8. The summed E-state index contributed by atoms with van der Waals surface area (Å²) >= 11 is 0. The third kappa shape index (κ3) is 21.7. The molecular weight excluding hydrogens is 414 g/mol. The highest BCUT2D eigenvalue weighted by Gasteiger charge is 2.26. The lowest BCUT2D eigenvalue weighted by Gasteiger charge is -2.36. The molecule has 3 N–H and O–H groups in total. The second-order valence-corrected chi connectivity index (χ2v) is 9.02. The lowest BCUT2D eigenvalue weighted by Crippen LogP contribution is -3.00. The van der Waals surface area contributed by atoms with Gasteiger partial charge in [-0.25, -0.2) is 0 Å². The van der Waals surface area contributed by atoms with E-state index in [0.717, 1.165) is 13.0 Å². The Balaban J connectivity index is 0. The van der Waals surface area contributed by atoms with Gasteiger partial charge in [-0.15, -0.1) is 0 Å². The first-order valence-corrected chi connectivity index (χ1v) is 13.0. The minimum Gasteiger partial charge on any atom is -1.00 e. The van der Waals surface area contributed by atoms with Crippen molar-refractivity contribution in [2.45, 2.75) is 110 Å². The van der Waals surface area contributed by atoms with E-state index in [1.54, 1.807) is 0 Å². The maximum absolute atomic E-state index is 9.27. The van der Waals surface area contributed by atoms with E-state index in [1.165, 1.54) is 96.3 Å². The van der Waals surface area contributed by atoms with Crippen LogP contribution in [0.4, 0.5) is 0 Å². The predicted octanol–water partition coefficient (Wildman–Crippen LogP) is 2.02. The molecule has 0 atom stereocenters. The van der Waals surface area contributed by atoms with Gasteiger partial charge in [0.25, 0.3) is 0 Å². The molecule has 0 aromatic carbocycles. The Bertz CT molecular complexity index is 318. The van der Waals surface area contributed by atoms with Gasteiger partial charge in [0.15, 0.2) is 6.73 Å². The Morgan fingerprint density at radius 3 is 1.16 bits per heavy atom. The van der Waals surface area contributed by atoms with Crippen molar-refractivity contribution >= 4 is 0 Å². The highest BCUT2D eigenvalue weighted by Crippen LogP contribution is 2.14. The number of aliphatic hydroxyl groups excluding tert-OH is 3. The molecule has 31 heavy (non-hydrogen) atoms. The van der Waals surface area contributed by atoms with Gasteiger partial charge in [0.2, 0.25) is 0 Å². The number of quaternary nitrogens is 1. The summed E-state index contributed by atoms with van der Waals surface area (Å²) in [6.07, 6.45) is 21.8. The number of nitrogens with zero attached hydrogens (tertiary/aromatic N) is 1. The maximum atomic E-state index is 9.27. The zero-order chi connectivity index (χ0) is 22.2. The van der Waals surface area contributed by atoms with E-state index < -0.39 is 0 Å². The smallest absolute Gasteiger partial charge is 0.183 e. The van der Waals surface area contributed by atoms with Crippen molar-refractivity contribution < 1.29 is 36.9 Å². The van der Waals surface area contributed by atoms with Gasteiger partial charge in [0, 0.05) is 0 Å². The van der Waals surface area contributed by atoms with Crippen LogP contribution in [0.5, 0.6) is 0 Å². The van der Waals surface area contributed by atoms with Gasteiger partial charge in [0.05, 0.1) is 26.4 Å². The number of hydrogen-bond acceptors (Lipinski definition) is 4. The van der Waals surface area contributed by atoms with Crippen molar-refractivity contribution in [1.82, 2.24) is 0 Å². The largest absolute Gasteiger partial charge is 1.00 e. The average molecular weight is 468 g/mol. The summed E-state index contributed by atoms with van der Waals surface area (Å²) in [7, 11) is 0. The first-order chi connectivity index (χ1) is 14.7. The molecule has 0 amide bonds. The van der Waals surface area contributed by atoms with Gasteiger partial charge in [-0.05, 0) is 6.42 Å². The summed E-state index contributed by atoms with van der Waals surface area (Å²) in [5.41, 5.74) is 0. The quantitative estimate of drug-likeness (QED) is 0.109. The van der Waals surface area contributed by atoms with Crippen LogP contribution in [0.1, 0.15) is 110 Å². The van der Waals surface area contributed by atoms with Crippen molar-refractivity contribution in [1.29, 1.82) is 0 Å². The molecule has 0 saturated carbocycles. The second kappa shape index (κ2) is 26.3. The Morgan fingerprint density at radius 2 is 0.839 bits per heavy atom. The van der Waals surface area contributed by atoms with E-state index in [2.05, 4.69) is 6.92 Å². The number of halogens is 1. The number of unbranched alkanes of at least 4 members (excludes halogenated alkanes) is 15. The molecule has 0 rings (SSSR count). The van der Waals surface area contributed by atoms with Gasteiger partial charge in [0.1, 0.15) is 19.6 Å². The number of hydrogen-bond donors (Lipinski definition) is 3. The topological polar surface area (TPSA) is 69.9 Å². The molecule has 0 saturated heterocycles. The molecule has 0 spiro atoms. The van der Waals surface area contributed by atoms with Crippen LogP contribution in [0.3, 0.4) is 0 Å². The summed E-state index contributed by atoms with van der Waals surface area (Å²) < 4.78 is 6.25. The molecule has 0 aromatic heterocycles. The highest BCUT2D eigenvalue weighted by molar-refractivity contribution is 4.50. The Labute approximate surface area is 199 Å². The summed E-state index contributed by atoms with van der Waals surface area (Å²) in [6.45, 7) is 5.13. The molecule has 6 heteroatoms. The van der Waals surface area contributed by atoms with Crippen molar-refractivity contribution in [2.24, 2.45) is 0 Å². The van der Waals surface area contributed by atoms with Crippen molar-refractivity contribution in [3.8, 4) is 0 Å². The van der Waals surface area contributed by atoms with E-state index in [4.69, 9.17) is 4.74 Å². The minimum atomic E-state index is 0. The van der Waals surface area contributed by atoms with E-state index in [0.29, 0.717) is 30.8 Å². The lowest BCUT2D eigenvalue weighted by molar-refractivity contribution is -0.946. The third-order valence-corrected chi connectivity index (χ3v) is 6.23. The van der Waals surface area contributed by atoms with Gasteiger partial charge >= 0.3 is 0 Å². The zero-order valence-corrected chi connectivity index (χ0v) is 21.3. The molecular formula is C25H54ClNO4. The van der Waals surface area contributed by atoms with Gasteiger partial charge in [-0.2, -0.15) is 0 Å². The van der Waals surface area contributed by atoms with Crippen LogP contribution in [-0.4, -0.2) is 72.6 Å². The van der Waals surface area contributed by atoms with Crippen LogP contribution in [0.25, 0.3) is 0 Å². The van der Waals surface area contributed by atoms with Gasteiger partial charge in [-0.1, -0.05) is 103 Å². The van der Waals surface area contributed by atoms with E-state index in [-0.39, 0.29) is 32.2 Å². The molecule has 190 valence electrons. The number of rotatable bonds is 25. The molecule has 5 nitrogen and oxygen atoms in total. The van der Waals surface area contributed by atoms with Crippen molar-refractivity contribution in [3.05, 3.63) is 0 Å². The Kier molecular flexibility index (Phi) is 28.3. The summed E-state index contributed by atoms with van der Waals surface area (Å²) in [5.74, 6) is 0. The van der Waals surface area contributed by atoms with Gasteiger partial charge in [-0.3, -0.25) is 4.48 Å². The number of ether oxygens (including phenoxy) is 1. The van der Waals surface area contributed by atoms with Gasteiger partial charge < -0.3 is 32.5 Å². The second-order valence-electron chi connectivity index (χ2n) is 9.02. The average Bonchev–Trinajstić information content (AvgIpc) is 2.73. The monoisotopic (exact) mass is 467 g/mol. The number of aliphatic hydroxyl groups is 3. The Morgan fingerprint density at radius 1 is 0.516 bits per heavy atom. The lowest BCUT2D eigenvalue weighted by atomic mass is 10.0. The highest BCUT2D eigenvalue weighted by atomic mass is 35.5. The molecule has 0 radical (unpaired) electrons. The molecule has 0 heterocycles. The van der Waals surface area contributed by atoms with Crippen molar-refractivity contribution in [3.63, 3.8) is 0 Å². The summed E-state index contributed by atoms with van der Waals surface area (Å²) in [6, 6.07) is 0. The first kappa shape index (κ1) is 33.3.